The summed E-state index contributed by atoms with van der Waals surface area (Å²) in [6.07, 6.45) is 1.70. The molecule has 2 rings (SSSR count). The maximum absolute atomic E-state index is 5.89. The van der Waals surface area contributed by atoms with Gasteiger partial charge in [0.05, 0.1) is 26.1 Å². The minimum Gasteiger partial charge on any atom is -0.493 e. The second-order valence-corrected chi connectivity index (χ2v) is 4.43. The van der Waals surface area contributed by atoms with Crippen molar-refractivity contribution < 1.29 is 9.47 Å². The number of anilines is 1. The first-order valence-corrected chi connectivity index (χ1v) is 6.37. The molecule has 104 valence electrons. The number of hydrazone groups is 1. The highest BCUT2D eigenvalue weighted by atomic mass is 35.5. The molecule has 0 bridgehead atoms. The van der Waals surface area contributed by atoms with Gasteiger partial charge < -0.3 is 9.47 Å². The monoisotopic (exact) mass is 290 g/mol. The summed E-state index contributed by atoms with van der Waals surface area (Å²) in [6, 6.07) is 12.9. The van der Waals surface area contributed by atoms with Crippen molar-refractivity contribution in [2.24, 2.45) is 5.10 Å². The SMILES string of the molecule is COc1ccc(/C=N\Nc2cccc(Cl)c2)cc1OC. The van der Waals surface area contributed by atoms with Crippen molar-refractivity contribution in [2.75, 3.05) is 19.6 Å². The normalized spacial score (nSPS) is 10.6. The molecule has 0 spiro atoms. The Kier molecular flexibility index (Phi) is 4.85. The highest BCUT2D eigenvalue weighted by molar-refractivity contribution is 6.30. The second kappa shape index (κ2) is 6.82. The predicted molar refractivity (Wildman–Crippen MR) is 82.2 cm³/mol. The first kappa shape index (κ1) is 14.2. The van der Waals surface area contributed by atoms with E-state index < -0.39 is 0 Å². The van der Waals surface area contributed by atoms with E-state index in [0.717, 1.165) is 11.3 Å². The maximum atomic E-state index is 5.89. The molecule has 20 heavy (non-hydrogen) atoms. The van der Waals surface area contributed by atoms with Crippen LogP contribution in [0, 0.1) is 0 Å². The van der Waals surface area contributed by atoms with Gasteiger partial charge in [-0.15, -0.1) is 0 Å². The van der Waals surface area contributed by atoms with Crippen molar-refractivity contribution in [2.45, 2.75) is 0 Å². The van der Waals surface area contributed by atoms with Crippen LogP contribution in [0.25, 0.3) is 0 Å². The van der Waals surface area contributed by atoms with Gasteiger partial charge >= 0.3 is 0 Å². The lowest BCUT2D eigenvalue weighted by atomic mass is 10.2. The molecule has 4 nitrogen and oxygen atoms in total. The van der Waals surface area contributed by atoms with E-state index >= 15 is 0 Å². The molecule has 0 saturated heterocycles. The van der Waals surface area contributed by atoms with Gasteiger partial charge in [0, 0.05) is 5.02 Å². The Balaban J connectivity index is 2.08. The minimum absolute atomic E-state index is 0.663. The Labute approximate surface area is 123 Å². The van der Waals surface area contributed by atoms with E-state index in [1.165, 1.54) is 0 Å². The number of rotatable bonds is 5. The summed E-state index contributed by atoms with van der Waals surface area (Å²) in [5, 5.41) is 4.82. The van der Waals surface area contributed by atoms with E-state index in [1.54, 1.807) is 26.5 Å². The quantitative estimate of drug-likeness (QED) is 0.673. The molecule has 0 aromatic heterocycles. The summed E-state index contributed by atoms with van der Waals surface area (Å²) in [5.74, 6) is 1.35. The van der Waals surface area contributed by atoms with E-state index in [9.17, 15) is 0 Å². The zero-order valence-electron chi connectivity index (χ0n) is 11.3. The highest BCUT2D eigenvalue weighted by Crippen LogP contribution is 2.26. The van der Waals surface area contributed by atoms with Crippen LogP contribution in [0.1, 0.15) is 5.56 Å². The number of methoxy groups -OCH3 is 2. The van der Waals surface area contributed by atoms with Gasteiger partial charge in [-0.2, -0.15) is 5.10 Å². The molecule has 0 unspecified atom stereocenters. The largest absolute Gasteiger partial charge is 0.493 e. The molecule has 0 heterocycles. The Morgan fingerprint density at radius 1 is 1.05 bits per heavy atom. The van der Waals surface area contributed by atoms with Crippen molar-refractivity contribution in [3.63, 3.8) is 0 Å². The lowest BCUT2D eigenvalue weighted by Crippen LogP contribution is -1.94. The number of benzene rings is 2. The molecule has 0 aliphatic carbocycles. The third-order valence-corrected chi connectivity index (χ3v) is 2.87. The van der Waals surface area contributed by atoms with Crippen molar-refractivity contribution in [3.8, 4) is 11.5 Å². The minimum atomic E-state index is 0.663. The molecular weight excluding hydrogens is 276 g/mol. The number of halogens is 1. The zero-order chi connectivity index (χ0) is 14.4. The molecule has 2 aromatic carbocycles. The fourth-order valence-electron chi connectivity index (χ4n) is 1.67. The number of nitrogens with one attached hydrogen (secondary N) is 1. The summed E-state index contributed by atoms with van der Waals surface area (Å²) in [7, 11) is 3.20. The molecule has 0 amide bonds. The van der Waals surface area contributed by atoms with Gasteiger partial charge in [-0.25, -0.2) is 0 Å². The van der Waals surface area contributed by atoms with Crippen molar-refractivity contribution >= 4 is 23.5 Å². The third kappa shape index (κ3) is 3.65. The molecule has 0 saturated carbocycles. The van der Waals surface area contributed by atoms with Gasteiger partial charge in [0.25, 0.3) is 0 Å². The number of ether oxygens (including phenoxy) is 2. The molecule has 0 radical (unpaired) electrons. The van der Waals surface area contributed by atoms with Crippen LogP contribution in [0.3, 0.4) is 0 Å². The van der Waals surface area contributed by atoms with E-state index in [0.29, 0.717) is 16.5 Å². The molecule has 2 aromatic rings. The zero-order valence-corrected chi connectivity index (χ0v) is 12.0. The van der Waals surface area contributed by atoms with Gasteiger partial charge in [-0.3, -0.25) is 5.43 Å². The Bertz CT molecular complexity index is 615. The van der Waals surface area contributed by atoms with Gasteiger partial charge in [0.15, 0.2) is 11.5 Å². The van der Waals surface area contributed by atoms with Crippen LogP contribution < -0.4 is 14.9 Å². The molecule has 0 aliphatic rings. The smallest absolute Gasteiger partial charge is 0.161 e. The summed E-state index contributed by atoms with van der Waals surface area (Å²) < 4.78 is 10.4. The fourth-order valence-corrected chi connectivity index (χ4v) is 1.86. The van der Waals surface area contributed by atoms with Crippen molar-refractivity contribution in [3.05, 3.63) is 53.1 Å². The van der Waals surface area contributed by atoms with Gasteiger partial charge in [-0.05, 0) is 42.0 Å². The van der Waals surface area contributed by atoms with Crippen molar-refractivity contribution in [1.29, 1.82) is 0 Å². The summed E-state index contributed by atoms with van der Waals surface area (Å²) in [4.78, 5) is 0. The van der Waals surface area contributed by atoms with Crippen LogP contribution in [0.15, 0.2) is 47.6 Å². The van der Waals surface area contributed by atoms with Gasteiger partial charge in [-0.1, -0.05) is 17.7 Å². The van der Waals surface area contributed by atoms with Crippen LogP contribution in [-0.2, 0) is 0 Å². The topological polar surface area (TPSA) is 42.8 Å². The summed E-state index contributed by atoms with van der Waals surface area (Å²) in [5.41, 5.74) is 4.64. The average molecular weight is 291 g/mol. The first-order valence-electron chi connectivity index (χ1n) is 5.99. The maximum Gasteiger partial charge on any atom is 0.161 e. The first-order chi connectivity index (χ1) is 9.72. The average Bonchev–Trinajstić information content (AvgIpc) is 2.47. The second-order valence-electron chi connectivity index (χ2n) is 3.99. The standard InChI is InChI=1S/C15H15ClN2O2/c1-19-14-7-6-11(8-15(14)20-2)10-17-18-13-5-3-4-12(16)9-13/h3-10,18H,1-2H3/b17-10-. The predicted octanol–water partition coefficient (Wildman–Crippen LogP) is 3.80. The highest BCUT2D eigenvalue weighted by Gasteiger charge is 2.02. The third-order valence-electron chi connectivity index (χ3n) is 2.64. The fraction of sp³-hybridized carbons (Fsp3) is 0.133. The summed E-state index contributed by atoms with van der Waals surface area (Å²) in [6.45, 7) is 0. The lowest BCUT2D eigenvalue weighted by molar-refractivity contribution is 0.355. The number of hydrogen-bond donors (Lipinski definition) is 1. The van der Waals surface area contributed by atoms with Gasteiger partial charge in [0.1, 0.15) is 0 Å². The molecular formula is C15H15ClN2O2. The van der Waals surface area contributed by atoms with E-state index in [-0.39, 0.29) is 0 Å². The van der Waals surface area contributed by atoms with Crippen LogP contribution in [0.5, 0.6) is 11.5 Å². The molecule has 0 atom stereocenters. The van der Waals surface area contributed by atoms with Crippen LogP contribution in [0.2, 0.25) is 5.02 Å². The molecule has 1 N–H and O–H groups in total. The van der Waals surface area contributed by atoms with E-state index in [2.05, 4.69) is 10.5 Å². The Hall–Kier alpha value is -2.20. The van der Waals surface area contributed by atoms with Crippen LogP contribution in [0.4, 0.5) is 5.69 Å². The van der Waals surface area contributed by atoms with E-state index in [4.69, 9.17) is 21.1 Å². The van der Waals surface area contributed by atoms with Crippen LogP contribution in [-0.4, -0.2) is 20.4 Å². The molecule has 0 aliphatic heterocycles. The molecule has 0 fully saturated rings. The molecule has 5 heteroatoms. The Morgan fingerprint density at radius 2 is 1.85 bits per heavy atom. The Morgan fingerprint density at radius 3 is 2.55 bits per heavy atom. The van der Waals surface area contributed by atoms with E-state index in [1.807, 2.05) is 36.4 Å². The summed E-state index contributed by atoms with van der Waals surface area (Å²) >= 11 is 5.89. The van der Waals surface area contributed by atoms with Crippen LogP contribution >= 0.6 is 11.6 Å². The lowest BCUT2D eigenvalue weighted by Gasteiger charge is -2.07. The van der Waals surface area contributed by atoms with Crippen molar-refractivity contribution in [1.82, 2.24) is 0 Å². The van der Waals surface area contributed by atoms with Gasteiger partial charge in [0.2, 0.25) is 0 Å². The number of nitrogens with zero attached hydrogens (tertiary/aromatic N) is 1. The number of hydrogen-bond acceptors (Lipinski definition) is 4.